The summed E-state index contributed by atoms with van der Waals surface area (Å²) in [6.45, 7) is 6.12. The molecule has 4 heterocycles. The van der Waals surface area contributed by atoms with Crippen molar-refractivity contribution in [2.45, 2.75) is 56.9 Å². The minimum Gasteiger partial charge on any atom is -0.477 e. The number of likely N-dealkylation sites (tertiary alicyclic amines) is 1. The number of rotatable bonds is 11. The van der Waals surface area contributed by atoms with Crippen LogP contribution in [0.4, 0.5) is 0 Å². The Morgan fingerprint density at radius 2 is 2.11 bits per heavy atom. The van der Waals surface area contributed by atoms with E-state index in [1.54, 1.807) is 7.05 Å². The Kier molecular flexibility index (Phi) is 8.21. The summed E-state index contributed by atoms with van der Waals surface area (Å²) in [6.07, 6.45) is 3.92. The Morgan fingerprint density at radius 1 is 1.36 bits per heavy atom. The van der Waals surface area contributed by atoms with Crippen molar-refractivity contribution in [3.8, 4) is 0 Å². The number of nitrogens with zero attached hydrogens (tertiary/aromatic N) is 2. The van der Waals surface area contributed by atoms with E-state index in [1.807, 2.05) is 18.7 Å². The lowest BCUT2D eigenvalue weighted by molar-refractivity contribution is -0.160. The normalized spacial score (nSPS) is 32.5. The van der Waals surface area contributed by atoms with Gasteiger partial charge in [0.15, 0.2) is 0 Å². The summed E-state index contributed by atoms with van der Waals surface area (Å²) in [6, 6.07) is -0.540. The van der Waals surface area contributed by atoms with Gasteiger partial charge in [-0.25, -0.2) is 4.79 Å². The van der Waals surface area contributed by atoms with E-state index >= 15 is 0 Å². The molecular formula is C25H37N5O5S. The smallest absolute Gasteiger partial charge is 0.353 e. The predicted molar refractivity (Wildman–Crippen MR) is 137 cm³/mol. The third kappa shape index (κ3) is 4.97. The Labute approximate surface area is 216 Å². The molecule has 0 aromatic heterocycles. The molecule has 0 aromatic rings. The predicted octanol–water partition coefficient (Wildman–Crippen LogP) is 0.926. The molecule has 3 fully saturated rings. The van der Waals surface area contributed by atoms with Gasteiger partial charge in [0.05, 0.1) is 24.5 Å². The fraction of sp³-hybridized carbons (Fsp3) is 0.720. The van der Waals surface area contributed by atoms with Crippen molar-refractivity contribution < 1.29 is 24.3 Å². The third-order valence-electron chi connectivity index (χ3n) is 8.06. The van der Waals surface area contributed by atoms with Crippen molar-refractivity contribution in [2.24, 2.45) is 23.7 Å². The highest BCUT2D eigenvalue weighted by Gasteiger charge is 2.60. The van der Waals surface area contributed by atoms with Gasteiger partial charge >= 0.3 is 5.97 Å². The number of carboxylic acid groups (broad SMARTS) is 1. The summed E-state index contributed by atoms with van der Waals surface area (Å²) in [5.41, 5.74) is 0.0660. The SMILES string of the molecule is CNCC(=O)C[C@H](C)[C@H]1C(=O)N2C(C(=O)O)=C(S[C@@H]3CN[C@H](C(=O)N4CC[C@H](CC=N)C4)C3)[C@H](C)[C@H]12. The maximum atomic E-state index is 13.0. The molecule has 0 spiro atoms. The Morgan fingerprint density at radius 3 is 2.78 bits per heavy atom. The first-order chi connectivity index (χ1) is 17.2. The fourth-order valence-corrected chi connectivity index (χ4v) is 7.77. The van der Waals surface area contributed by atoms with Crippen LogP contribution >= 0.6 is 11.8 Å². The number of ketones is 1. The van der Waals surface area contributed by atoms with Crippen LogP contribution in [0.15, 0.2) is 10.6 Å². The van der Waals surface area contributed by atoms with Gasteiger partial charge in [-0.1, -0.05) is 13.8 Å². The van der Waals surface area contributed by atoms with Gasteiger partial charge in [0.1, 0.15) is 11.5 Å². The molecular weight excluding hydrogens is 482 g/mol. The first kappa shape index (κ1) is 26.8. The van der Waals surface area contributed by atoms with E-state index in [0.29, 0.717) is 43.3 Å². The standard InChI is InChI=1S/C25H37N5O5S/c1-13(8-16(31)10-27-3)19-20-14(2)22(21(25(34)35)30(20)24(19)33)36-17-9-18(28-11-17)23(32)29-7-5-15(12-29)4-6-26/h6,13-15,17-20,26-28H,4-5,7-12H2,1-3H3,(H,34,35)/t13-,14+,15-,17-,18-,19+,20+/m0/s1. The molecule has 2 amide bonds. The van der Waals surface area contributed by atoms with Crippen LogP contribution in [-0.2, 0) is 19.2 Å². The molecule has 4 N–H and O–H groups in total. The maximum absolute atomic E-state index is 13.0. The van der Waals surface area contributed by atoms with Gasteiger partial charge < -0.3 is 30.9 Å². The van der Waals surface area contributed by atoms with E-state index in [-0.39, 0.29) is 71.3 Å². The molecule has 0 saturated carbocycles. The molecule has 0 unspecified atom stereocenters. The van der Waals surface area contributed by atoms with E-state index < -0.39 is 5.97 Å². The molecule has 11 heteroatoms. The highest BCUT2D eigenvalue weighted by molar-refractivity contribution is 8.03. The van der Waals surface area contributed by atoms with Crippen LogP contribution in [0.3, 0.4) is 0 Å². The van der Waals surface area contributed by atoms with E-state index in [1.165, 1.54) is 22.9 Å². The average molecular weight is 520 g/mol. The number of Topliss-reactive ketones (excluding diaryl/α,β-unsaturated/α-hetero) is 1. The van der Waals surface area contributed by atoms with E-state index in [2.05, 4.69) is 10.6 Å². The minimum absolute atomic E-state index is 0.0348. The molecule has 0 radical (unpaired) electrons. The van der Waals surface area contributed by atoms with Gasteiger partial charge in [0.25, 0.3) is 0 Å². The van der Waals surface area contributed by atoms with Crippen LogP contribution < -0.4 is 10.6 Å². The second-order valence-corrected chi connectivity index (χ2v) is 11.9. The summed E-state index contributed by atoms with van der Waals surface area (Å²) in [5.74, 6) is -1.51. The first-order valence-corrected chi connectivity index (χ1v) is 13.7. The number of aliphatic carboxylic acids is 1. The molecule has 4 rings (SSSR count). The van der Waals surface area contributed by atoms with Gasteiger partial charge in [-0.15, -0.1) is 11.8 Å². The largest absolute Gasteiger partial charge is 0.477 e. The number of amides is 2. The van der Waals surface area contributed by atoms with Crippen molar-refractivity contribution in [1.82, 2.24) is 20.4 Å². The lowest BCUT2D eigenvalue weighted by Gasteiger charge is -2.47. The molecule has 198 valence electrons. The topological polar surface area (TPSA) is 143 Å². The van der Waals surface area contributed by atoms with Crippen LogP contribution in [0.5, 0.6) is 0 Å². The van der Waals surface area contributed by atoms with Gasteiger partial charge in [-0.3, -0.25) is 14.4 Å². The highest BCUT2D eigenvalue weighted by atomic mass is 32.2. The molecule has 0 aromatic carbocycles. The van der Waals surface area contributed by atoms with Crippen molar-refractivity contribution in [2.75, 3.05) is 33.2 Å². The summed E-state index contributed by atoms with van der Waals surface area (Å²) in [4.78, 5) is 54.4. The van der Waals surface area contributed by atoms with Crippen LogP contribution in [0, 0.1) is 29.1 Å². The summed E-state index contributed by atoms with van der Waals surface area (Å²) < 4.78 is 0. The number of likely N-dealkylation sites (N-methyl/N-ethyl adjacent to an activating group) is 1. The Balaban J connectivity index is 1.40. The van der Waals surface area contributed by atoms with Crippen molar-refractivity contribution in [3.63, 3.8) is 0 Å². The van der Waals surface area contributed by atoms with Crippen LogP contribution in [-0.4, -0.2) is 95.2 Å². The second kappa shape index (κ2) is 11.0. The van der Waals surface area contributed by atoms with Gasteiger partial charge in [-0.05, 0) is 44.4 Å². The molecule has 4 aliphatic rings. The molecule has 0 bridgehead atoms. The summed E-state index contributed by atoms with van der Waals surface area (Å²) in [7, 11) is 1.71. The van der Waals surface area contributed by atoms with Crippen molar-refractivity contribution in [1.29, 1.82) is 5.41 Å². The number of nitrogens with one attached hydrogen (secondary N) is 3. The summed E-state index contributed by atoms with van der Waals surface area (Å²) in [5, 5.41) is 23.5. The van der Waals surface area contributed by atoms with Gasteiger partial charge in [0.2, 0.25) is 11.8 Å². The molecule has 3 saturated heterocycles. The highest BCUT2D eigenvalue weighted by Crippen LogP contribution is 2.53. The van der Waals surface area contributed by atoms with Gasteiger partial charge in [0, 0.05) is 42.1 Å². The van der Waals surface area contributed by atoms with Crippen LogP contribution in [0.2, 0.25) is 0 Å². The van der Waals surface area contributed by atoms with Gasteiger partial charge in [-0.2, -0.15) is 0 Å². The zero-order chi connectivity index (χ0) is 26.1. The van der Waals surface area contributed by atoms with Crippen LogP contribution in [0.1, 0.15) is 39.5 Å². The lowest BCUT2D eigenvalue weighted by Crippen LogP contribution is -2.62. The monoisotopic (exact) mass is 519 g/mol. The van der Waals surface area contributed by atoms with Crippen LogP contribution in [0.25, 0.3) is 0 Å². The third-order valence-corrected chi connectivity index (χ3v) is 9.57. The minimum atomic E-state index is -1.11. The molecule has 7 atom stereocenters. The second-order valence-electron chi connectivity index (χ2n) is 10.6. The zero-order valence-corrected chi connectivity index (χ0v) is 22.0. The number of carboxylic acids is 1. The van der Waals surface area contributed by atoms with E-state index in [9.17, 15) is 24.3 Å². The number of carbonyl (C=O) groups excluding carboxylic acids is 3. The molecule has 36 heavy (non-hydrogen) atoms. The average Bonchev–Trinajstić information content (AvgIpc) is 3.53. The Bertz CT molecular complexity index is 970. The lowest BCUT2D eigenvalue weighted by atomic mass is 9.73. The number of hydrogen-bond acceptors (Lipinski definition) is 8. The first-order valence-electron chi connectivity index (χ1n) is 12.8. The molecule has 10 nitrogen and oxygen atoms in total. The molecule has 4 aliphatic heterocycles. The summed E-state index contributed by atoms with van der Waals surface area (Å²) >= 11 is 1.48. The van der Waals surface area contributed by atoms with Crippen molar-refractivity contribution >= 4 is 41.5 Å². The zero-order valence-electron chi connectivity index (χ0n) is 21.2. The van der Waals surface area contributed by atoms with Crippen molar-refractivity contribution in [3.05, 3.63) is 10.6 Å². The van der Waals surface area contributed by atoms with E-state index in [0.717, 1.165) is 6.42 Å². The van der Waals surface area contributed by atoms with E-state index in [4.69, 9.17) is 5.41 Å². The number of thioether (sulfide) groups is 1. The fourth-order valence-electron chi connectivity index (χ4n) is 6.30. The number of β-lactam (4-membered cyclic amide) rings is 1. The Hall–Kier alpha value is -2.24. The number of fused-ring (bicyclic) bond motifs is 1. The quantitative estimate of drug-likeness (QED) is 0.233. The number of hydrogen-bond donors (Lipinski definition) is 4. The maximum Gasteiger partial charge on any atom is 0.353 e. The number of carbonyl (C=O) groups is 4. The molecule has 0 aliphatic carbocycles.